The highest BCUT2D eigenvalue weighted by atomic mass is 15.3. The van der Waals surface area contributed by atoms with E-state index in [9.17, 15) is 0 Å². The van der Waals surface area contributed by atoms with Crippen molar-refractivity contribution >= 4 is 16.9 Å². The molecule has 1 aliphatic heterocycles. The minimum atomic E-state index is 0.501. The zero-order valence-corrected chi connectivity index (χ0v) is 14.2. The van der Waals surface area contributed by atoms with Gasteiger partial charge in [-0.25, -0.2) is 9.97 Å². The largest absolute Gasteiger partial charge is 0.355 e. The van der Waals surface area contributed by atoms with Crippen LogP contribution >= 0.6 is 0 Å². The van der Waals surface area contributed by atoms with Gasteiger partial charge in [0.1, 0.15) is 0 Å². The molecule has 2 fully saturated rings. The van der Waals surface area contributed by atoms with Crippen molar-refractivity contribution in [2.24, 2.45) is 0 Å². The quantitative estimate of drug-likeness (QED) is 0.733. The van der Waals surface area contributed by atoms with Gasteiger partial charge in [0, 0.05) is 42.2 Å². The van der Waals surface area contributed by atoms with Crippen molar-refractivity contribution in [2.45, 2.75) is 37.5 Å². The van der Waals surface area contributed by atoms with Gasteiger partial charge in [-0.3, -0.25) is 0 Å². The first-order valence-corrected chi connectivity index (χ1v) is 9.17. The molecule has 1 saturated carbocycles. The van der Waals surface area contributed by atoms with Crippen LogP contribution in [0.3, 0.4) is 0 Å². The van der Waals surface area contributed by atoms with Crippen LogP contribution in [0, 0.1) is 0 Å². The molecule has 3 aromatic rings. The van der Waals surface area contributed by atoms with Gasteiger partial charge in [0.05, 0.1) is 5.69 Å². The Bertz CT molecular complexity index is 880. The lowest BCUT2D eigenvalue weighted by Gasteiger charge is -2.32. The third-order valence-corrected chi connectivity index (χ3v) is 5.39. The lowest BCUT2D eigenvalue weighted by Crippen LogP contribution is -2.33. The van der Waals surface area contributed by atoms with Crippen LogP contribution in [0.25, 0.3) is 11.0 Å². The van der Waals surface area contributed by atoms with E-state index >= 15 is 0 Å². The molecule has 0 atom stereocenters. The normalized spacial score (nSPS) is 18.6. The molecule has 1 saturated heterocycles. The molecule has 0 unspecified atom stereocenters. The summed E-state index contributed by atoms with van der Waals surface area (Å²) in [7, 11) is 0. The van der Waals surface area contributed by atoms with E-state index in [1.165, 1.54) is 18.5 Å². The summed E-state index contributed by atoms with van der Waals surface area (Å²) in [5.41, 5.74) is 3.18. The molecule has 25 heavy (non-hydrogen) atoms. The van der Waals surface area contributed by atoms with E-state index in [2.05, 4.69) is 50.4 Å². The number of hydrogen-bond donors (Lipinski definition) is 0. The van der Waals surface area contributed by atoms with Gasteiger partial charge < -0.3 is 4.90 Å². The molecule has 4 heterocycles. The second-order valence-electron chi connectivity index (χ2n) is 7.14. The Labute approximate surface area is 147 Å². The van der Waals surface area contributed by atoms with E-state index < -0.39 is 0 Å². The van der Waals surface area contributed by atoms with Crippen LogP contribution in [-0.4, -0.2) is 33.3 Å². The minimum Gasteiger partial charge on any atom is -0.355 e. The Kier molecular flexibility index (Phi) is 3.58. The van der Waals surface area contributed by atoms with E-state index in [1.54, 1.807) is 0 Å². The standard InChI is InChI=1S/C20H21N5/c1-2-16-5-6-17(22-20(16)21-11-1)15-9-12-25(13-10-15)19-8-7-18(23-24-19)14-3-4-14/h1-2,5-8,11,14-15H,3-4,9-10,12-13H2. The monoisotopic (exact) mass is 331 g/mol. The Morgan fingerprint density at radius 3 is 2.36 bits per heavy atom. The molecule has 0 spiro atoms. The first kappa shape index (κ1) is 14.8. The fourth-order valence-corrected chi connectivity index (χ4v) is 3.70. The molecule has 1 aliphatic carbocycles. The van der Waals surface area contributed by atoms with Gasteiger partial charge in [-0.15, -0.1) is 5.10 Å². The van der Waals surface area contributed by atoms with Crippen LogP contribution in [0.2, 0.25) is 0 Å². The fraction of sp³-hybridized carbons (Fsp3) is 0.400. The van der Waals surface area contributed by atoms with Crippen LogP contribution in [0.1, 0.15) is 48.9 Å². The summed E-state index contributed by atoms with van der Waals surface area (Å²) in [5, 5.41) is 9.97. The third kappa shape index (κ3) is 2.95. The van der Waals surface area contributed by atoms with Gasteiger partial charge in [-0.05, 0) is 62.1 Å². The minimum absolute atomic E-state index is 0.501. The fourth-order valence-electron chi connectivity index (χ4n) is 3.70. The van der Waals surface area contributed by atoms with Crippen LogP contribution in [0.5, 0.6) is 0 Å². The van der Waals surface area contributed by atoms with Crippen molar-refractivity contribution < 1.29 is 0 Å². The molecule has 2 aliphatic rings. The molecule has 0 radical (unpaired) electrons. The van der Waals surface area contributed by atoms with Crippen molar-refractivity contribution in [3.05, 3.63) is 54.0 Å². The van der Waals surface area contributed by atoms with Crippen LogP contribution in [-0.2, 0) is 0 Å². The van der Waals surface area contributed by atoms with E-state index in [0.717, 1.165) is 48.5 Å². The van der Waals surface area contributed by atoms with Gasteiger partial charge in [-0.2, -0.15) is 5.10 Å². The number of fused-ring (bicyclic) bond motifs is 1. The number of pyridine rings is 2. The second kappa shape index (κ2) is 6.06. The maximum Gasteiger partial charge on any atom is 0.159 e. The highest BCUT2D eigenvalue weighted by molar-refractivity contribution is 5.74. The molecule has 0 amide bonds. The third-order valence-electron chi connectivity index (χ3n) is 5.39. The van der Waals surface area contributed by atoms with Gasteiger partial charge >= 0.3 is 0 Å². The molecule has 0 aromatic carbocycles. The number of anilines is 1. The molecule has 5 heteroatoms. The smallest absolute Gasteiger partial charge is 0.159 e. The summed E-state index contributed by atoms with van der Waals surface area (Å²) >= 11 is 0. The molecular weight excluding hydrogens is 310 g/mol. The van der Waals surface area contributed by atoms with Crippen molar-refractivity contribution in [2.75, 3.05) is 18.0 Å². The molecule has 0 bridgehead atoms. The Balaban J connectivity index is 1.28. The highest BCUT2D eigenvalue weighted by Crippen LogP contribution is 2.39. The SMILES string of the molecule is c1cnc2nc(C3CCN(c4ccc(C5CC5)nn4)CC3)ccc2c1. The van der Waals surface area contributed by atoms with E-state index in [0.29, 0.717) is 11.8 Å². The Morgan fingerprint density at radius 2 is 1.60 bits per heavy atom. The van der Waals surface area contributed by atoms with Gasteiger partial charge in [0.25, 0.3) is 0 Å². The van der Waals surface area contributed by atoms with Gasteiger partial charge in [0.15, 0.2) is 11.5 Å². The Hall–Kier alpha value is -2.56. The lowest BCUT2D eigenvalue weighted by molar-refractivity contribution is 0.493. The summed E-state index contributed by atoms with van der Waals surface area (Å²) in [6.07, 6.45) is 6.54. The maximum atomic E-state index is 4.78. The van der Waals surface area contributed by atoms with Crippen molar-refractivity contribution in [1.29, 1.82) is 0 Å². The molecule has 3 aromatic heterocycles. The zero-order valence-electron chi connectivity index (χ0n) is 14.2. The predicted octanol–water partition coefficient (Wildman–Crippen LogP) is 3.68. The van der Waals surface area contributed by atoms with Crippen molar-refractivity contribution in [1.82, 2.24) is 20.2 Å². The summed E-state index contributed by atoms with van der Waals surface area (Å²) in [6.45, 7) is 2.01. The zero-order chi connectivity index (χ0) is 16.6. The number of hydrogen-bond acceptors (Lipinski definition) is 5. The average molecular weight is 331 g/mol. The van der Waals surface area contributed by atoms with Gasteiger partial charge in [0.2, 0.25) is 0 Å². The molecule has 0 N–H and O–H groups in total. The molecule has 5 rings (SSSR count). The summed E-state index contributed by atoms with van der Waals surface area (Å²) in [4.78, 5) is 11.5. The Morgan fingerprint density at radius 1 is 0.800 bits per heavy atom. The highest BCUT2D eigenvalue weighted by Gasteiger charge is 2.26. The first-order valence-electron chi connectivity index (χ1n) is 9.17. The van der Waals surface area contributed by atoms with Crippen LogP contribution in [0.4, 0.5) is 5.82 Å². The second-order valence-corrected chi connectivity index (χ2v) is 7.14. The van der Waals surface area contributed by atoms with Crippen LogP contribution < -0.4 is 4.90 Å². The van der Waals surface area contributed by atoms with Crippen molar-refractivity contribution in [3.63, 3.8) is 0 Å². The maximum absolute atomic E-state index is 4.78. The van der Waals surface area contributed by atoms with Gasteiger partial charge in [-0.1, -0.05) is 0 Å². The predicted molar refractivity (Wildman–Crippen MR) is 97.7 cm³/mol. The summed E-state index contributed by atoms with van der Waals surface area (Å²) < 4.78 is 0. The van der Waals surface area contributed by atoms with Crippen LogP contribution in [0.15, 0.2) is 42.6 Å². The van der Waals surface area contributed by atoms with E-state index in [1.807, 2.05) is 12.3 Å². The molecule has 5 nitrogen and oxygen atoms in total. The first-order chi connectivity index (χ1) is 12.4. The lowest BCUT2D eigenvalue weighted by atomic mass is 9.93. The van der Waals surface area contributed by atoms with E-state index in [-0.39, 0.29) is 0 Å². The van der Waals surface area contributed by atoms with E-state index in [4.69, 9.17) is 4.98 Å². The number of nitrogens with zero attached hydrogens (tertiary/aromatic N) is 5. The number of rotatable bonds is 3. The van der Waals surface area contributed by atoms with Crippen molar-refractivity contribution in [3.8, 4) is 0 Å². The summed E-state index contributed by atoms with van der Waals surface area (Å²) in [6, 6.07) is 12.6. The number of aromatic nitrogens is 4. The molecular formula is C20H21N5. The topological polar surface area (TPSA) is 54.8 Å². The molecule has 126 valence electrons. The summed E-state index contributed by atoms with van der Waals surface area (Å²) in [5.74, 6) is 2.18. The number of piperidine rings is 1. The average Bonchev–Trinajstić information content (AvgIpc) is 3.53.